The third-order valence-corrected chi connectivity index (χ3v) is 5.76. The van der Waals surface area contributed by atoms with Gasteiger partial charge < -0.3 is 14.8 Å². The van der Waals surface area contributed by atoms with Gasteiger partial charge in [0.05, 0.1) is 15.4 Å². The van der Waals surface area contributed by atoms with Crippen molar-refractivity contribution < 1.29 is 9.45 Å². The molecular formula is C16H17N7O3S. The lowest BCUT2D eigenvalue weighted by Gasteiger charge is -2.17. The van der Waals surface area contributed by atoms with Crippen molar-refractivity contribution in [2.24, 2.45) is 12.8 Å². The van der Waals surface area contributed by atoms with Gasteiger partial charge in [0.25, 0.3) is 11.6 Å². The summed E-state index contributed by atoms with van der Waals surface area (Å²) in [4.78, 5) is 15.9. The van der Waals surface area contributed by atoms with Crippen LogP contribution in [0, 0.1) is 10.1 Å². The molecule has 2 heterocycles. The molecule has 1 saturated carbocycles. The van der Waals surface area contributed by atoms with Crippen LogP contribution in [0.1, 0.15) is 31.5 Å². The number of aromatic nitrogens is 5. The molecule has 0 unspecified atom stereocenters. The monoisotopic (exact) mass is 387 g/mol. The number of benzene rings is 1. The summed E-state index contributed by atoms with van der Waals surface area (Å²) in [5, 5.41) is 23.8. The topological polar surface area (TPSA) is 139 Å². The number of nitro groups is 1. The number of rotatable bonds is 5. The molecule has 2 N–H and O–H groups in total. The Kier molecular flexibility index (Phi) is 4.40. The van der Waals surface area contributed by atoms with Crippen LogP contribution < -0.4 is 5.73 Å². The zero-order chi connectivity index (χ0) is 19.0. The lowest BCUT2D eigenvalue weighted by Crippen LogP contribution is -2.34. The molecule has 1 aromatic carbocycles. The average Bonchev–Trinajstić information content (AvgIpc) is 3.38. The highest BCUT2D eigenvalue weighted by Crippen LogP contribution is 2.38. The van der Waals surface area contributed by atoms with Crippen molar-refractivity contribution >= 4 is 17.4 Å². The molecule has 11 heteroatoms. The quantitative estimate of drug-likeness (QED) is 0.517. The Bertz CT molecular complexity index is 994. The fourth-order valence-corrected chi connectivity index (χ4v) is 3.97. The van der Waals surface area contributed by atoms with E-state index in [1.807, 2.05) is 0 Å². The molecule has 3 aromatic rings. The maximum Gasteiger partial charge on any atom is 0.284 e. The van der Waals surface area contributed by atoms with Crippen LogP contribution in [-0.4, -0.2) is 29.8 Å². The minimum absolute atomic E-state index is 0.0661. The lowest BCUT2D eigenvalue weighted by atomic mass is 9.99. The molecule has 0 saturated heterocycles. The zero-order valence-electron chi connectivity index (χ0n) is 14.5. The van der Waals surface area contributed by atoms with E-state index in [1.165, 1.54) is 24.2 Å². The van der Waals surface area contributed by atoms with Gasteiger partial charge in [-0.15, -0.1) is 10.2 Å². The predicted molar refractivity (Wildman–Crippen MR) is 95.8 cm³/mol. The summed E-state index contributed by atoms with van der Waals surface area (Å²) in [7, 11) is 1.77. The van der Waals surface area contributed by atoms with Crippen molar-refractivity contribution in [2.45, 2.75) is 41.3 Å². The van der Waals surface area contributed by atoms with E-state index in [4.69, 9.17) is 10.3 Å². The summed E-state index contributed by atoms with van der Waals surface area (Å²) in [5.74, 6) is 0.676. The number of hydrogen-bond acceptors (Lipinski definition) is 9. The van der Waals surface area contributed by atoms with Gasteiger partial charge in [-0.05, 0) is 36.7 Å². The van der Waals surface area contributed by atoms with Crippen LogP contribution in [0.15, 0.2) is 39.1 Å². The molecule has 4 rings (SSSR count). The number of nitrogens with zero attached hydrogens (tertiary/aromatic N) is 6. The Hall–Kier alpha value is -2.79. The molecule has 27 heavy (non-hydrogen) atoms. The number of hydrogen-bond donors (Lipinski definition) is 1. The summed E-state index contributed by atoms with van der Waals surface area (Å²) in [6.07, 6.45) is 5.20. The minimum Gasteiger partial charge on any atom is -0.334 e. The lowest BCUT2D eigenvalue weighted by molar-refractivity contribution is -0.387. The highest BCUT2D eigenvalue weighted by molar-refractivity contribution is 7.99. The minimum atomic E-state index is -0.575. The second-order valence-corrected chi connectivity index (χ2v) is 7.56. The van der Waals surface area contributed by atoms with Crippen LogP contribution in [0.2, 0.25) is 0 Å². The molecule has 0 aliphatic heterocycles. The zero-order valence-corrected chi connectivity index (χ0v) is 15.3. The molecule has 0 amide bonds. The van der Waals surface area contributed by atoms with E-state index in [2.05, 4.69) is 20.3 Å². The molecule has 10 nitrogen and oxygen atoms in total. The van der Waals surface area contributed by atoms with Crippen LogP contribution in [0.5, 0.6) is 0 Å². The van der Waals surface area contributed by atoms with E-state index in [9.17, 15) is 10.1 Å². The molecular weight excluding hydrogens is 370 g/mol. The van der Waals surface area contributed by atoms with Crippen molar-refractivity contribution in [3.8, 4) is 11.5 Å². The molecule has 0 atom stereocenters. The van der Waals surface area contributed by atoms with Crippen molar-refractivity contribution in [1.29, 1.82) is 0 Å². The van der Waals surface area contributed by atoms with E-state index in [1.54, 1.807) is 23.7 Å². The SMILES string of the molecule is Cn1cnnc1Sc1ccc(-c2nc(C3(N)CCCC3)no2)cc1[N+](=O)[O-]. The number of nitrogens with two attached hydrogens (primary N) is 1. The number of nitro benzene ring substituents is 1. The van der Waals surface area contributed by atoms with E-state index in [0.717, 1.165) is 25.7 Å². The van der Waals surface area contributed by atoms with Crippen molar-refractivity contribution in [3.63, 3.8) is 0 Å². The van der Waals surface area contributed by atoms with Gasteiger partial charge >= 0.3 is 0 Å². The molecule has 0 spiro atoms. The smallest absolute Gasteiger partial charge is 0.284 e. The molecule has 0 bridgehead atoms. The van der Waals surface area contributed by atoms with Crippen LogP contribution in [0.3, 0.4) is 0 Å². The molecule has 140 valence electrons. The Labute approximate surface area is 158 Å². The second kappa shape index (κ2) is 6.74. The molecule has 1 fully saturated rings. The van der Waals surface area contributed by atoms with Gasteiger partial charge in [0.15, 0.2) is 11.0 Å². The van der Waals surface area contributed by atoms with Crippen LogP contribution in [0.25, 0.3) is 11.5 Å². The predicted octanol–water partition coefficient (Wildman–Crippen LogP) is 2.65. The van der Waals surface area contributed by atoms with E-state index < -0.39 is 10.5 Å². The first-order chi connectivity index (χ1) is 13.0. The van der Waals surface area contributed by atoms with E-state index in [-0.39, 0.29) is 11.6 Å². The third kappa shape index (κ3) is 3.30. The highest BCUT2D eigenvalue weighted by atomic mass is 32.2. The Morgan fingerprint density at radius 3 is 2.81 bits per heavy atom. The number of aryl methyl sites for hydroxylation is 1. The molecule has 0 radical (unpaired) electrons. The molecule has 2 aromatic heterocycles. The standard InChI is InChI=1S/C16H17N7O3S/c1-22-9-18-20-15(22)27-12-5-4-10(8-11(12)23(24)25)13-19-14(21-26-13)16(17)6-2-3-7-16/h4-5,8-9H,2-3,6-7,17H2,1H3. The van der Waals surface area contributed by atoms with Gasteiger partial charge in [-0.1, -0.05) is 18.0 Å². The average molecular weight is 387 g/mol. The van der Waals surface area contributed by atoms with Gasteiger partial charge in [0.1, 0.15) is 6.33 Å². The van der Waals surface area contributed by atoms with Crippen molar-refractivity contribution in [3.05, 3.63) is 40.5 Å². The Morgan fingerprint density at radius 2 is 2.15 bits per heavy atom. The third-order valence-electron chi connectivity index (χ3n) is 4.64. The van der Waals surface area contributed by atoms with Gasteiger partial charge in [-0.3, -0.25) is 10.1 Å². The summed E-state index contributed by atoms with van der Waals surface area (Å²) < 4.78 is 7.02. The Balaban J connectivity index is 1.66. The maximum atomic E-state index is 11.5. The fraction of sp³-hybridized carbons (Fsp3) is 0.375. The maximum absolute atomic E-state index is 11.5. The van der Waals surface area contributed by atoms with Crippen molar-refractivity contribution in [2.75, 3.05) is 0 Å². The summed E-state index contributed by atoms with van der Waals surface area (Å²) in [5.41, 5.74) is 6.19. The van der Waals surface area contributed by atoms with Crippen LogP contribution >= 0.6 is 11.8 Å². The fourth-order valence-electron chi connectivity index (χ4n) is 3.12. The first-order valence-electron chi connectivity index (χ1n) is 8.40. The van der Waals surface area contributed by atoms with Gasteiger partial charge in [-0.2, -0.15) is 4.98 Å². The Morgan fingerprint density at radius 1 is 1.37 bits per heavy atom. The summed E-state index contributed by atoms with van der Waals surface area (Å²) in [6, 6.07) is 4.78. The van der Waals surface area contributed by atoms with Crippen LogP contribution in [0.4, 0.5) is 5.69 Å². The van der Waals surface area contributed by atoms with E-state index >= 15 is 0 Å². The first kappa shape index (κ1) is 17.6. The summed E-state index contributed by atoms with van der Waals surface area (Å²) >= 11 is 1.17. The highest BCUT2D eigenvalue weighted by Gasteiger charge is 2.36. The normalized spacial score (nSPS) is 15.9. The molecule has 1 aliphatic rings. The second-order valence-electron chi connectivity index (χ2n) is 6.55. The van der Waals surface area contributed by atoms with E-state index in [0.29, 0.717) is 21.4 Å². The van der Waals surface area contributed by atoms with Crippen LogP contribution in [-0.2, 0) is 12.6 Å². The van der Waals surface area contributed by atoms with Crippen molar-refractivity contribution in [1.82, 2.24) is 24.9 Å². The first-order valence-corrected chi connectivity index (χ1v) is 9.22. The van der Waals surface area contributed by atoms with Gasteiger partial charge in [-0.25, -0.2) is 0 Å². The summed E-state index contributed by atoms with van der Waals surface area (Å²) in [6.45, 7) is 0. The molecule has 1 aliphatic carbocycles. The van der Waals surface area contributed by atoms with Gasteiger partial charge in [0, 0.05) is 18.7 Å². The van der Waals surface area contributed by atoms with Gasteiger partial charge in [0.2, 0.25) is 0 Å². The largest absolute Gasteiger partial charge is 0.334 e.